The van der Waals surface area contributed by atoms with Gasteiger partial charge >= 0.3 is 0 Å². The Kier molecular flexibility index (Phi) is 3.32. The van der Waals surface area contributed by atoms with Crippen molar-refractivity contribution >= 4 is 5.91 Å². The van der Waals surface area contributed by atoms with Crippen LogP contribution in [0, 0.1) is 6.20 Å². The minimum atomic E-state index is -0.229. The molecule has 0 aliphatic heterocycles. The molecule has 1 aromatic heterocycles. The second kappa shape index (κ2) is 4.54. The number of hydrogen-bond acceptors (Lipinski definition) is 2. The van der Waals surface area contributed by atoms with Crippen LogP contribution in [0.15, 0.2) is 12.5 Å². The van der Waals surface area contributed by atoms with Gasteiger partial charge in [0.2, 0.25) is 5.91 Å². The number of carbonyl (C=O) groups excluding carboxylic acids is 1. The summed E-state index contributed by atoms with van der Waals surface area (Å²) in [7, 11) is 0. The van der Waals surface area contributed by atoms with E-state index in [2.05, 4.69) is 11.2 Å². The number of primary amides is 1. The minimum Gasteiger partial charge on any atom is -0.370 e. The number of rotatable bonds is 5. The van der Waals surface area contributed by atoms with E-state index in [1.165, 1.54) is 0 Å². The average Bonchev–Trinajstić information content (AvgIpc) is 2.49. The molecule has 0 saturated carbocycles. The Hall–Kier alpha value is -1.32. The SMILES string of the molecule is NC(=O)CCCCn1c[c]nc1. The van der Waals surface area contributed by atoms with Crippen molar-refractivity contribution in [3.05, 3.63) is 18.7 Å². The van der Waals surface area contributed by atoms with Gasteiger partial charge in [-0.2, -0.15) is 0 Å². The van der Waals surface area contributed by atoms with Gasteiger partial charge < -0.3 is 10.3 Å². The van der Waals surface area contributed by atoms with Crippen LogP contribution in [0.2, 0.25) is 0 Å². The summed E-state index contributed by atoms with van der Waals surface area (Å²) in [6.07, 6.45) is 8.46. The quantitative estimate of drug-likeness (QED) is 0.641. The highest BCUT2D eigenvalue weighted by Gasteiger charge is 1.94. The van der Waals surface area contributed by atoms with Gasteiger partial charge in [-0.3, -0.25) is 4.79 Å². The first-order valence-corrected chi connectivity index (χ1v) is 3.95. The monoisotopic (exact) mass is 166 g/mol. The molecule has 0 aliphatic rings. The first-order valence-electron chi connectivity index (χ1n) is 3.95. The third kappa shape index (κ3) is 3.18. The van der Waals surface area contributed by atoms with E-state index in [9.17, 15) is 4.79 Å². The van der Waals surface area contributed by atoms with Crippen molar-refractivity contribution in [3.63, 3.8) is 0 Å². The summed E-state index contributed by atoms with van der Waals surface area (Å²) in [4.78, 5) is 14.1. The number of aryl methyl sites for hydroxylation is 1. The van der Waals surface area contributed by atoms with Crippen LogP contribution in [0.25, 0.3) is 0 Å². The van der Waals surface area contributed by atoms with Gasteiger partial charge in [0.1, 0.15) is 6.20 Å². The molecular formula is C8H12N3O. The Bertz CT molecular complexity index is 230. The molecule has 0 saturated heterocycles. The molecule has 4 heteroatoms. The number of hydrogen-bond donors (Lipinski definition) is 1. The Balaban J connectivity index is 2.07. The van der Waals surface area contributed by atoms with Crippen LogP contribution in [0.4, 0.5) is 0 Å². The molecule has 4 nitrogen and oxygen atoms in total. The second-order valence-electron chi connectivity index (χ2n) is 2.66. The number of nitrogens with two attached hydrogens (primary N) is 1. The third-order valence-electron chi connectivity index (χ3n) is 1.59. The zero-order valence-electron chi connectivity index (χ0n) is 6.86. The molecule has 0 aromatic carbocycles. The molecule has 65 valence electrons. The summed E-state index contributed by atoms with van der Waals surface area (Å²) in [5, 5.41) is 0. The molecule has 2 N–H and O–H groups in total. The van der Waals surface area contributed by atoms with Crippen LogP contribution in [-0.2, 0) is 11.3 Å². The summed E-state index contributed by atoms with van der Waals surface area (Å²) in [5.74, 6) is -0.229. The fourth-order valence-corrected chi connectivity index (χ4v) is 0.964. The number of carbonyl (C=O) groups is 1. The molecule has 1 aromatic rings. The number of aromatic nitrogens is 2. The number of nitrogens with zero attached hydrogens (tertiary/aromatic N) is 2. The van der Waals surface area contributed by atoms with Gasteiger partial charge in [0.05, 0.1) is 6.33 Å². The fourth-order valence-electron chi connectivity index (χ4n) is 0.964. The van der Waals surface area contributed by atoms with Crippen molar-refractivity contribution in [2.45, 2.75) is 25.8 Å². The molecule has 0 spiro atoms. The Morgan fingerprint density at radius 1 is 1.58 bits per heavy atom. The van der Waals surface area contributed by atoms with Gasteiger partial charge in [0.25, 0.3) is 0 Å². The maximum absolute atomic E-state index is 10.4. The Morgan fingerprint density at radius 3 is 3.00 bits per heavy atom. The maximum atomic E-state index is 10.4. The molecule has 12 heavy (non-hydrogen) atoms. The van der Waals surface area contributed by atoms with Crippen molar-refractivity contribution in [3.8, 4) is 0 Å². The van der Waals surface area contributed by atoms with Crippen LogP contribution in [-0.4, -0.2) is 15.5 Å². The lowest BCUT2D eigenvalue weighted by molar-refractivity contribution is -0.118. The van der Waals surface area contributed by atoms with E-state index in [0.717, 1.165) is 19.4 Å². The summed E-state index contributed by atoms with van der Waals surface area (Å²) in [6, 6.07) is 0. The highest BCUT2D eigenvalue weighted by molar-refractivity contribution is 5.73. The maximum Gasteiger partial charge on any atom is 0.217 e. The van der Waals surface area contributed by atoms with Gasteiger partial charge in [-0.1, -0.05) is 0 Å². The Labute approximate surface area is 71.4 Å². The first-order chi connectivity index (χ1) is 5.79. The predicted octanol–water partition coefficient (Wildman–Crippen LogP) is 0.339. The van der Waals surface area contributed by atoms with Crippen molar-refractivity contribution in [2.24, 2.45) is 5.73 Å². The smallest absolute Gasteiger partial charge is 0.217 e. The van der Waals surface area contributed by atoms with Gasteiger partial charge in [-0.25, -0.2) is 4.98 Å². The average molecular weight is 166 g/mol. The van der Waals surface area contributed by atoms with E-state index in [4.69, 9.17) is 5.73 Å². The van der Waals surface area contributed by atoms with Crippen molar-refractivity contribution in [2.75, 3.05) is 0 Å². The zero-order chi connectivity index (χ0) is 8.81. The highest BCUT2D eigenvalue weighted by Crippen LogP contribution is 1.97. The van der Waals surface area contributed by atoms with E-state index < -0.39 is 0 Å². The van der Waals surface area contributed by atoms with Gasteiger partial charge in [0.15, 0.2) is 0 Å². The second-order valence-corrected chi connectivity index (χ2v) is 2.66. The lowest BCUT2D eigenvalue weighted by atomic mass is 10.2. The molecule has 0 atom stereocenters. The van der Waals surface area contributed by atoms with E-state index in [1.807, 2.05) is 4.57 Å². The molecule has 1 amide bonds. The molecule has 1 heterocycles. The lowest BCUT2D eigenvalue weighted by Crippen LogP contribution is -2.10. The summed E-state index contributed by atoms with van der Waals surface area (Å²) in [6.45, 7) is 0.879. The minimum absolute atomic E-state index is 0.229. The Morgan fingerprint density at radius 2 is 2.42 bits per heavy atom. The summed E-state index contributed by atoms with van der Waals surface area (Å²) in [5.41, 5.74) is 4.99. The van der Waals surface area contributed by atoms with Gasteiger partial charge in [0, 0.05) is 19.2 Å². The summed E-state index contributed by atoms with van der Waals surface area (Å²) < 4.78 is 1.93. The molecule has 1 rings (SSSR count). The van der Waals surface area contributed by atoms with Crippen LogP contribution in [0.3, 0.4) is 0 Å². The van der Waals surface area contributed by atoms with E-state index in [1.54, 1.807) is 12.5 Å². The zero-order valence-corrected chi connectivity index (χ0v) is 6.86. The standard InChI is InChI=1S/C8H12N3O/c9-8(12)3-1-2-5-11-6-4-10-7-11/h6-7H,1-3,5H2,(H2,9,12). The number of imidazole rings is 1. The molecule has 0 aliphatic carbocycles. The van der Waals surface area contributed by atoms with Crippen molar-refractivity contribution in [1.82, 2.24) is 9.55 Å². The van der Waals surface area contributed by atoms with Crippen molar-refractivity contribution in [1.29, 1.82) is 0 Å². The van der Waals surface area contributed by atoms with Gasteiger partial charge in [-0.05, 0) is 12.8 Å². The molecule has 1 radical (unpaired) electrons. The fraction of sp³-hybridized carbons (Fsp3) is 0.500. The predicted molar refractivity (Wildman–Crippen MR) is 44.1 cm³/mol. The molecule has 0 unspecified atom stereocenters. The summed E-state index contributed by atoms with van der Waals surface area (Å²) >= 11 is 0. The van der Waals surface area contributed by atoms with E-state index >= 15 is 0 Å². The van der Waals surface area contributed by atoms with Crippen LogP contribution in [0.1, 0.15) is 19.3 Å². The number of amides is 1. The molecular weight excluding hydrogens is 154 g/mol. The highest BCUT2D eigenvalue weighted by atomic mass is 16.1. The van der Waals surface area contributed by atoms with Crippen LogP contribution >= 0.6 is 0 Å². The number of unbranched alkanes of at least 4 members (excludes halogenated alkanes) is 1. The van der Waals surface area contributed by atoms with Gasteiger partial charge in [-0.15, -0.1) is 0 Å². The van der Waals surface area contributed by atoms with E-state index in [0.29, 0.717) is 6.42 Å². The third-order valence-corrected chi connectivity index (χ3v) is 1.59. The normalized spacial score (nSPS) is 10.0. The van der Waals surface area contributed by atoms with E-state index in [-0.39, 0.29) is 5.91 Å². The van der Waals surface area contributed by atoms with Crippen LogP contribution in [0.5, 0.6) is 0 Å². The van der Waals surface area contributed by atoms with Crippen LogP contribution < -0.4 is 5.73 Å². The largest absolute Gasteiger partial charge is 0.370 e. The van der Waals surface area contributed by atoms with Crippen molar-refractivity contribution < 1.29 is 4.79 Å². The first kappa shape index (κ1) is 8.77. The topological polar surface area (TPSA) is 60.9 Å². The lowest BCUT2D eigenvalue weighted by Gasteiger charge is -1.99. The molecule has 0 fully saturated rings. The molecule has 0 bridgehead atoms.